The fraction of sp³-hybridized carbons (Fsp3) is 0.348. The van der Waals surface area contributed by atoms with Crippen molar-refractivity contribution >= 4 is 23.4 Å². The van der Waals surface area contributed by atoms with Crippen molar-refractivity contribution in [3.63, 3.8) is 0 Å². The zero-order valence-electron chi connectivity index (χ0n) is 17.1. The third kappa shape index (κ3) is 5.09. The minimum atomic E-state index is 0.0310. The second-order valence-corrected chi connectivity index (χ2v) is 8.65. The Morgan fingerprint density at radius 3 is 2.63 bits per heavy atom. The van der Waals surface area contributed by atoms with E-state index < -0.39 is 0 Å². The van der Waals surface area contributed by atoms with E-state index in [0.29, 0.717) is 18.3 Å². The Labute approximate surface area is 181 Å². The van der Waals surface area contributed by atoms with Gasteiger partial charge in [0, 0.05) is 16.4 Å². The highest BCUT2D eigenvalue weighted by Crippen LogP contribution is 2.28. The molecule has 0 radical (unpaired) electrons. The fourth-order valence-corrected chi connectivity index (χ4v) is 4.41. The van der Waals surface area contributed by atoms with Crippen molar-refractivity contribution in [3.8, 4) is 11.4 Å². The van der Waals surface area contributed by atoms with E-state index in [2.05, 4.69) is 33.3 Å². The normalized spacial score (nSPS) is 15.2. The fourth-order valence-electron chi connectivity index (χ4n) is 3.65. The number of benzene rings is 2. The average Bonchev–Trinajstić information content (AvgIpc) is 3.25. The van der Waals surface area contributed by atoms with Crippen LogP contribution in [0.3, 0.4) is 0 Å². The molecule has 0 bridgehead atoms. The molecule has 0 saturated carbocycles. The Kier molecular flexibility index (Phi) is 6.81. The Balaban J connectivity index is 1.29. The van der Waals surface area contributed by atoms with Crippen LogP contribution in [0.15, 0.2) is 64.0 Å². The first kappa shape index (κ1) is 20.6. The first-order valence-corrected chi connectivity index (χ1v) is 11.3. The van der Waals surface area contributed by atoms with E-state index in [0.717, 1.165) is 47.8 Å². The van der Waals surface area contributed by atoms with Crippen molar-refractivity contribution < 1.29 is 9.32 Å². The summed E-state index contributed by atoms with van der Waals surface area (Å²) in [6.45, 7) is 4.41. The number of nitrogens with zero attached hydrogens (tertiary/aromatic N) is 3. The molecule has 1 aliphatic heterocycles. The summed E-state index contributed by atoms with van der Waals surface area (Å²) >= 11 is 1.75. The van der Waals surface area contributed by atoms with Gasteiger partial charge < -0.3 is 9.84 Å². The predicted octanol–water partition coefficient (Wildman–Crippen LogP) is 4.70. The molecule has 1 aliphatic rings. The number of amides is 1. The van der Waals surface area contributed by atoms with Gasteiger partial charge in [-0.2, -0.15) is 4.98 Å². The van der Waals surface area contributed by atoms with Gasteiger partial charge in [0.15, 0.2) is 0 Å². The summed E-state index contributed by atoms with van der Waals surface area (Å²) in [5, 5.41) is 7.22. The molecule has 0 atom stereocenters. The lowest BCUT2D eigenvalue weighted by molar-refractivity contribution is -0.121. The van der Waals surface area contributed by atoms with Gasteiger partial charge in [-0.1, -0.05) is 54.5 Å². The van der Waals surface area contributed by atoms with Crippen molar-refractivity contribution in [2.45, 2.75) is 31.2 Å². The Morgan fingerprint density at radius 1 is 1.13 bits per heavy atom. The van der Waals surface area contributed by atoms with E-state index in [-0.39, 0.29) is 11.8 Å². The van der Waals surface area contributed by atoms with Crippen LogP contribution in [0.25, 0.3) is 11.4 Å². The van der Waals surface area contributed by atoms with Gasteiger partial charge in [0.2, 0.25) is 17.6 Å². The molecule has 30 heavy (non-hydrogen) atoms. The number of anilines is 1. The molecular weight excluding hydrogens is 396 g/mol. The van der Waals surface area contributed by atoms with Crippen LogP contribution >= 0.6 is 11.8 Å². The molecule has 156 valence electrons. The number of piperidine rings is 1. The number of aromatic nitrogens is 2. The summed E-state index contributed by atoms with van der Waals surface area (Å²) < 4.78 is 5.43. The monoisotopic (exact) mass is 422 g/mol. The topological polar surface area (TPSA) is 71.3 Å². The SMILES string of the molecule is CCSc1ccccc1NC(=O)C1CCN(Cc2nc(-c3ccccc3)no2)CC1. The van der Waals surface area contributed by atoms with Crippen LogP contribution < -0.4 is 5.32 Å². The van der Waals surface area contributed by atoms with Crippen LogP contribution in [0.4, 0.5) is 5.69 Å². The summed E-state index contributed by atoms with van der Waals surface area (Å²) in [5.74, 6) is 2.35. The lowest BCUT2D eigenvalue weighted by Gasteiger charge is -2.30. The third-order valence-corrected chi connectivity index (χ3v) is 6.22. The van der Waals surface area contributed by atoms with E-state index in [1.807, 2.05) is 48.5 Å². The molecule has 1 aromatic heterocycles. The van der Waals surface area contributed by atoms with Gasteiger partial charge in [0.25, 0.3) is 0 Å². The van der Waals surface area contributed by atoms with E-state index >= 15 is 0 Å². The number of nitrogens with one attached hydrogen (secondary N) is 1. The molecule has 0 spiro atoms. The first-order chi connectivity index (χ1) is 14.7. The van der Waals surface area contributed by atoms with Gasteiger partial charge in [-0.05, 0) is 43.8 Å². The van der Waals surface area contributed by atoms with Crippen molar-refractivity contribution in [1.82, 2.24) is 15.0 Å². The van der Waals surface area contributed by atoms with Gasteiger partial charge in [-0.25, -0.2) is 0 Å². The van der Waals surface area contributed by atoms with Crippen LogP contribution in [-0.2, 0) is 11.3 Å². The summed E-state index contributed by atoms with van der Waals surface area (Å²) in [4.78, 5) is 20.7. The van der Waals surface area contributed by atoms with Crippen molar-refractivity contribution in [1.29, 1.82) is 0 Å². The molecule has 2 aromatic carbocycles. The van der Waals surface area contributed by atoms with Gasteiger partial charge in [-0.15, -0.1) is 11.8 Å². The standard InChI is InChI=1S/C23H26N4O2S/c1-2-30-20-11-7-6-10-19(20)24-23(28)18-12-14-27(15-13-18)16-21-25-22(26-29-21)17-8-4-3-5-9-17/h3-11,18H,2,12-16H2,1H3,(H,24,28). The van der Waals surface area contributed by atoms with E-state index in [9.17, 15) is 4.79 Å². The number of rotatable bonds is 7. The lowest BCUT2D eigenvalue weighted by atomic mass is 9.96. The second kappa shape index (κ2) is 9.91. The molecule has 0 unspecified atom stereocenters. The largest absolute Gasteiger partial charge is 0.338 e. The van der Waals surface area contributed by atoms with Gasteiger partial charge in [-0.3, -0.25) is 9.69 Å². The van der Waals surface area contributed by atoms with Gasteiger partial charge in [0.1, 0.15) is 0 Å². The maximum Gasteiger partial charge on any atom is 0.241 e. The maximum absolute atomic E-state index is 12.8. The first-order valence-electron chi connectivity index (χ1n) is 10.4. The summed E-state index contributed by atoms with van der Waals surface area (Å²) in [5.41, 5.74) is 1.86. The smallest absolute Gasteiger partial charge is 0.241 e. The average molecular weight is 423 g/mol. The molecular formula is C23H26N4O2S. The molecule has 7 heteroatoms. The molecule has 0 aliphatic carbocycles. The molecule has 6 nitrogen and oxygen atoms in total. The highest BCUT2D eigenvalue weighted by atomic mass is 32.2. The summed E-state index contributed by atoms with van der Waals surface area (Å²) in [6, 6.07) is 17.8. The van der Waals surface area contributed by atoms with Crippen LogP contribution in [0, 0.1) is 5.92 Å². The second-order valence-electron chi connectivity index (χ2n) is 7.35. The number of hydrogen-bond donors (Lipinski definition) is 1. The quantitative estimate of drug-likeness (QED) is 0.557. The highest BCUT2D eigenvalue weighted by molar-refractivity contribution is 7.99. The van der Waals surface area contributed by atoms with Crippen LogP contribution in [-0.4, -0.2) is 39.8 Å². The summed E-state index contributed by atoms with van der Waals surface area (Å²) in [7, 11) is 0. The minimum Gasteiger partial charge on any atom is -0.338 e. The van der Waals surface area contributed by atoms with E-state index in [4.69, 9.17) is 4.52 Å². The van der Waals surface area contributed by atoms with Crippen LogP contribution in [0.2, 0.25) is 0 Å². The Hall–Kier alpha value is -2.64. The number of carbonyl (C=O) groups excluding carboxylic acids is 1. The predicted molar refractivity (Wildman–Crippen MR) is 119 cm³/mol. The lowest BCUT2D eigenvalue weighted by Crippen LogP contribution is -2.37. The molecule has 1 N–H and O–H groups in total. The van der Waals surface area contributed by atoms with Crippen molar-refractivity contribution in [2.75, 3.05) is 24.2 Å². The molecule has 1 saturated heterocycles. The Bertz CT molecular complexity index is 968. The number of likely N-dealkylation sites (tertiary alicyclic amines) is 1. The van der Waals surface area contributed by atoms with Gasteiger partial charge >= 0.3 is 0 Å². The molecule has 3 aromatic rings. The Morgan fingerprint density at radius 2 is 1.87 bits per heavy atom. The van der Waals surface area contributed by atoms with E-state index in [1.165, 1.54) is 0 Å². The molecule has 2 heterocycles. The number of carbonyl (C=O) groups is 1. The summed E-state index contributed by atoms with van der Waals surface area (Å²) in [6.07, 6.45) is 1.66. The van der Waals surface area contributed by atoms with Crippen molar-refractivity contribution in [3.05, 3.63) is 60.5 Å². The molecule has 1 fully saturated rings. The van der Waals surface area contributed by atoms with Crippen LogP contribution in [0.5, 0.6) is 0 Å². The minimum absolute atomic E-state index is 0.0310. The molecule has 4 rings (SSSR count). The van der Waals surface area contributed by atoms with Crippen LogP contribution in [0.1, 0.15) is 25.7 Å². The van der Waals surface area contributed by atoms with E-state index in [1.54, 1.807) is 11.8 Å². The third-order valence-electron chi connectivity index (χ3n) is 5.26. The van der Waals surface area contributed by atoms with Gasteiger partial charge in [0.05, 0.1) is 12.2 Å². The zero-order valence-corrected chi connectivity index (χ0v) is 17.9. The highest BCUT2D eigenvalue weighted by Gasteiger charge is 2.26. The molecule has 1 amide bonds. The maximum atomic E-state index is 12.8. The zero-order chi connectivity index (χ0) is 20.8. The number of para-hydroxylation sites is 1. The van der Waals surface area contributed by atoms with Crippen molar-refractivity contribution in [2.24, 2.45) is 5.92 Å². The number of hydrogen-bond acceptors (Lipinski definition) is 6. The number of thioether (sulfide) groups is 1.